The lowest BCUT2D eigenvalue weighted by molar-refractivity contribution is -0.131. The van der Waals surface area contributed by atoms with Gasteiger partial charge in [-0.1, -0.05) is 24.8 Å². The van der Waals surface area contributed by atoms with E-state index in [4.69, 9.17) is 20.4 Å². The Kier molecular flexibility index (Phi) is 12.6. The van der Waals surface area contributed by atoms with Gasteiger partial charge in [0.05, 0.1) is 12.7 Å². The third-order valence-corrected chi connectivity index (χ3v) is 1.20. The highest BCUT2D eigenvalue weighted by molar-refractivity contribution is 5.78. The van der Waals surface area contributed by atoms with Gasteiger partial charge in [-0.15, -0.1) is 0 Å². The molecule has 0 radical (unpaired) electrons. The van der Waals surface area contributed by atoms with E-state index in [1.165, 1.54) is 6.92 Å². The van der Waals surface area contributed by atoms with Crippen LogP contribution in [0.3, 0.4) is 0 Å². The molecule has 5 heteroatoms. The molecule has 96 valence electrons. The fourth-order valence-electron chi connectivity index (χ4n) is 0.428. The Hall–Kier alpha value is -1.85. The SMILES string of the molecule is C=CC(=O)O.CC(O)CO.Oc1ccccc1. The minimum absolute atomic E-state index is 0.139. The lowest BCUT2D eigenvalue weighted by Gasteiger charge is -1.90. The van der Waals surface area contributed by atoms with Crippen molar-refractivity contribution >= 4 is 5.97 Å². The first-order valence-corrected chi connectivity index (χ1v) is 4.82. The van der Waals surface area contributed by atoms with Crippen molar-refractivity contribution in [3.8, 4) is 5.75 Å². The van der Waals surface area contributed by atoms with Crippen molar-refractivity contribution in [1.29, 1.82) is 0 Å². The van der Waals surface area contributed by atoms with Crippen molar-refractivity contribution in [3.63, 3.8) is 0 Å². The van der Waals surface area contributed by atoms with E-state index in [-0.39, 0.29) is 6.61 Å². The number of aliphatic hydroxyl groups excluding tert-OH is 2. The summed E-state index contributed by atoms with van der Waals surface area (Å²) in [4.78, 5) is 9.25. The smallest absolute Gasteiger partial charge is 0.327 e. The highest BCUT2D eigenvalue weighted by Gasteiger charge is 1.83. The molecule has 0 saturated carbocycles. The molecule has 0 aliphatic rings. The summed E-state index contributed by atoms with van der Waals surface area (Å²) < 4.78 is 0. The van der Waals surface area contributed by atoms with Crippen molar-refractivity contribution in [2.75, 3.05) is 6.61 Å². The van der Waals surface area contributed by atoms with E-state index in [2.05, 4.69) is 6.58 Å². The molecule has 1 aromatic carbocycles. The predicted octanol–water partition coefficient (Wildman–Crippen LogP) is 1.01. The van der Waals surface area contributed by atoms with Crippen LogP contribution in [0.2, 0.25) is 0 Å². The Morgan fingerprint density at radius 3 is 1.88 bits per heavy atom. The summed E-state index contributed by atoms with van der Waals surface area (Å²) >= 11 is 0. The number of carbonyl (C=O) groups is 1. The first kappa shape index (κ1) is 17.5. The largest absolute Gasteiger partial charge is 0.508 e. The molecule has 1 unspecified atom stereocenters. The number of rotatable bonds is 2. The molecule has 0 aliphatic carbocycles. The third-order valence-electron chi connectivity index (χ3n) is 1.20. The van der Waals surface area contributed by atoms with Crippen LogP contribution in [-0.2, 0) is 4.79 Å². The average molecular weight is 242 g/mol. The standard InChI is InChI=1S/C6H6O.C3H8O2.C3H4O2/c7-6-4-2-1-3-5-6;1-3(5)2-4;1-2-3(4)5/h1-5,7H;3-5H,2H2,1H3;2H,1H2,(H,4,5). The molecule has 1 rings (SSSR count). The number of phenols is 1. The zero-order valence-electron chi connectivity index (χ0n) is 9.65. The molecule has 0 aromatic heterocycles. The van der Waals surface area contributed by atoms with Crippen molar-refractivity contribution in [2.24, 2.45) is 0 Å². The Bertz CT molecular complexity index is 295. The van der Waals surface area contributed by atoms with Gasteiger partial charge in [0.2, 0.25) is 0 Å². The van der Waals surface area contributed by atoms with Gasteiger partial charge >= 0.3 is 5.97 Å². The maximum atomic E-state index is 9.25. The summed E-state index contributed by atoms with van der Waals surface area (Å²) in [6.07, 6.45) is 0.273. The highest BCUT2D eigenvalue weighted by Crippen LogP contribution is 2.02. The van der Waals surface area contributed by atoms with E-state index < -0.39 is 12.1 Å². The fourth-order valence-corrected chi connectivity index (χ4v) is 0.428. The van der Waals surface area contributed by atoms with Crippen LogP contribution < -0.4 is 0 Å². The number of hydrogen-bond donors (Lipinski definition) is 4. The van der Waals surface area contributed by atoms with Crippen molar-refractivity contribution in [2.45, 2.75) is 13.0 Å². The van der Waals surface area contributed by atoms with Gasteiger partial charge in [-0.2, -0.15) is 0 Å². The van der Waals surface area contributed by atoms with Gasteiger partial charge in [0.15, 0.2) is 0 Å². The maximum absolute atomic E-state index is 9.25. The number of carboxylic acids is 1. The van der Waals surface area contributed by atoms with Gasteiger partial charge in [-0.3, -0.25) is 0 Å². The quantitative estimate of drug-likeness (QED) is 0.580. The van der Waals surface area contributed by atoms with Crippen LogP contribution in [-0.4, -0.2) is 39.1 Å². The Labute approximate surface area is 100 Å². The monoisotopic (exact) mass is 242 g/mol. The first-order valence-electron chi connectivity index (χ1n) is 4.82. The molecule has 0 aliphatic heterocycles. The summed E-state index contributed by atoms with van der Waals surface area (Å²) in [7, 11) is 0. The first-order chi connectivity index (χ1) is 7.93. The van der Waals surface area contributed by atoms with Crippen molar-refractivity contribution in [1.82, 2.24) is 0 Å². The van der Waals surface area contributed by atoms with E-state index in [1.54, 1.807) is 24.3 Å². The lowest BCUT2D eigenvalue weighted by atomic mass is 10.3. The van der Waals surface area contributed by atoms with Gasteiger partial charge < -0.3 is 20.4 Å². The van der Waals surface area contributed by atoms with E-state index in [9.17, 15) is 4.79 Å². The number of para-hydroxylation sites is 1. The normalized spacial score (nSPS) is 9.82. The molecule has 4 N–H and O–H groups in total. The molecule has 0 bridgehead atoms. The molecule has 0 saturated heterocycles. The molecule has 1 atom stereocenters. The van der Waals surface area contributed by atoms with Crippen LogP contribution in [0.1, 0.15) is 6.92 Å². The Balaban J connectivity index is 0. The van der Waals surface area contributed by atoms with Gasteiger partial charge in [-0.25, -0.2) is 4.79 Å². The molecule has 5 nitrogen and oxygen atoms in total. The fraction of sp³-hybridized carbons (Fsp3) is 0.250. The minimum Gasteiger partial charge on any atom is -0.508 e. The molecule has 1 aromatic rings. The van der Waals surface area contributed by atoms with Crippen LogP contribution in [0.4, 0.5) is 0 Å². The highest BCUT2D eigenvalue weighted by atomic mass is 16.4. The van der Waals surface area contributed by atoms with Crippen LogP contribution >= 0.6 is 0 Å². The number of hydrogen-bond acceptors (Lipinski definition) is 4. The van der Waals surface area contributed by atoms with E-state index >= 15 is 0 Å². The molecular weight excluding hydrogens is 224 g/mol. The van der Waals surface area contributed by atoms with Gasteiger partial charge in [0.1, 0.15) is 5.75 Å². The summed E-state index contributed by atoms with van der Waals surface area (Å²) in [6.45, 7) is 4.35. The molecule has 0 amide bonds. The zero-order valence-corrected chi connectivity index (χ0v) is 9.65. The summed E-state index contributed by atoms with van der Waals surface area (Å²) in [5.41, 5.74) is 0. The molecule has 17 heavy (non-hydrogen) atoms. The van der Waals surface area contributed by atoms with E-state index in [0.29, 0.717) is 5.75 Å². The number of aliphatic carboxylic acids is 1. The van der Waals surface area contributed by atoms with Crippen molar-refractivity contribution in [3.05, 3.63) is 43.0 Å². The second-order valence-electron chi connectivity index (χ2n) is 2.91. The number of phenolic OH excluding ortho intramolecular Hbond substituents is 1. The topological polar surface area (TPSA) is 98.0 Å². The molecule has 0 spiro atoms. The second kappa shape index (κ2) is 12.2. The van der Waals surface area contributed by atoms with Gasteiger partial charge in [-0.05, 0) is 19.1 Å². The summed E-state index contributed by atoms with van der Waals surface area (Å²) in [5, 5.41) is 32.2. The number of aromatic hydroxyl groups is 1. The second-order valence-corrected chi connectivity index (χ2v) is 2.91. The predicted molar refractivity (Wildman–Crippen MR) is 64.7 cm³/mol. The van der Waals surface area contributed by atoms with Gasteiger partial charge in [0, 0.05) is 6.08 Å². The lowest BCUT2D eigenvalue weighted by Crippen LogP contribution is -2.03. The van der Waals surface area contributed by atoms with Crippen LogP contribution in [0.5, 0.6) is 5.75 Å². The molecule has 0 fully saturated rings. The van der Waals surface area contributed by atoms with Crippen LogP contribution in [0, 0.1) is 0 Å². The molecular formula is C12H18O5. The molecule has 0 heterocycles. The number of benzene rings is 1. The third kappa shape index (κ3) is 20.3. The van der Waals surface area contributed by atoms with Gasteiger partial charge in [0.25, 0.3) is 0 Å². The number of aliphatic hydroxyl groups is 2. The summed E-state index contributed by atoms with van der Waals surface area (Å²) in [5.74, 6) is -0.660. The van der Waals surface area contributed by atoms with E-state index in [0.717, 1.165) is 6.08 Å². The average Bonchev–Trinajstić information content (AvgIpc) is 2.31. The zero-order chi connectivity index (χ0) is 13.7. The van der Waals surface area contributed by atoms with Crippen LogP contribution in [0.15, 0.2) is 43.0 Å². The van der Waals surface area contributed by atoms with E-state index in [1.807, 2.05) is 6.07 Å². The summed E-state index contributed by atoms with van der Waals surface area (Å²) in [6, 6.07) is 8.71. The Morgan fingerprint density at radius 1 is 1.41 bits per heavy atom. The van der Waals surface area contributed by atoms with Crippen molar-refractivity contribution < 1.29 is 25.2 Å². The van der Waals surface area contributed by atoms with Crippen LogP contribution in [0.25, 0.3) is 0 Å². The Morgan fingerprint density at radius 2 is 1.76 bits per heavy atom. The number of carboxylic acid groups (broad SMARTS) is 1. The minimum atomic E-state index is -0.981. The maximum Gasteiger partial charge on any atom is 0.327 e.